The zero-order chi connectivity index (χ0) is 14.7. The third-order valence-electron chi connectivity index (χ3n) is 3.55. The third kappa shape index (κ3) is 3.09. The second-order valence-corrected chi connectivity index (χ2v) is 5.08. The van der Waals surface area contributed by atoms with E-state index in [-0.39, 0.29) is 11.9 Å². The summed E-state index contributed by atoms with van der Waals surface area (Å²) in [6, 6.07) is 14.5. The molecule has 0 aliphatic heterocycles. The average Bonchev–Trinajstić information content (AvgIpc) is 2.90. The van der Waals surface area contributed by atoms with Crippen LogP contribution < -0.4 is 11.3 Å². The van der Waals surface area contributed by atoms with Crippen LogP contribution in [0.4, 0.5) is 4.39 Å². The van der Waals surface area contributed by atoms with Gasteiger partial charge in [-0.3, -0.25) is 11.3 Å². The van der Waals surface area contributed by atoms with Gasteiger partial charge in [0.15, 0.2) is 0 Å². The van der Waals surface area contributed by atoms with Crippen molar-refractivity contribution in [1.29, 1.82) is 0 Å². The van der Waals surface area contributed by atoms with Crippen molar-refractivity contribution >= 4 is 11.0 Å². The minimum atomic E-state index is -0.226. The fraction of sp³-hybridized carbons (Fsp3) is 0.188. The molecule has 0 fully saturated rings. The highest BCUT2D eigenvalue weighted by Crippen LogP contribution is 2.14. The summed E-state index contributed by atoms with van der Waals surface area (Å²) < 4.78 is 15.3. The highest BCUT2D eigenvalue weighted by atomic mass is 19.1. The summed E-state index contributed by atoms with van der Waals surface area (Å²) >= 11 is 0. The van der Waals surface area contributed by atoms with E-state index in [4.69, 9.17) is 5.84 Å². The minimum Gasteiger partial charge on any atom is -0.329 e. The van der Waals surface area contributed by atoms with E-state index in [0.29, 0.717) is 13.0 Å². The molecule has 0 amide bonds. The molecule has 0 saturated heterocycles. The first-order chi connectivity index (χ1) is 10.3. The number of para-hydroxylation sites is 2. The summed E-state index contributed by atoms with van der Waals surface area (Å²) in [4.78, 5) is 4.36. The lowest BCUT2D eigenvalue weighted by Crippen LogP contribution is -2.39. The molecule has 0 aliphatic carbocycles. The predicted molar refractivity (Wildman–Crippen MR) is 80.9 cm³/mol. The number of nitrogens with one attached hydrogen (secondary N) is 1. The standard InChI is InChI=1S/C16H17FN4/c17-13-5-3-4-12(8-13)9-14(20-18)10-21-11-19-15-6-1-2-7-16(15)21/h1-8,11,14,20H,9-10,18H2. The molecule has 1 aromatic heterocycles. The lowest BCUT2D eigenvalue weighted by atomic mass is 10.1. The average molecular weight is 284 g/mol. The molecule has 0 radical (unpaired) electrons. The van der Waals surface area contributed by atoms with Crippen LogP contribution in [0.5, 0.6) is 0 Å². The molecule has 3 rings (SSSR count). The van der Waals surface area contributed by atoms with Gasteiger partial charge >= 0.3 is 0 Å². The number of nitrogens with two attached hydrogens (primary N) is 1. The van der Waals surface area contributed by atoms with E-state index in [0.717, 1.165) is 16.6 Å². The number of hydrogen-bond donors (Lipinski definition) is 2. The van der Waals surface area contributed by atoms with Crippen molar-refractivity contribution in [3.63, 3.8) is 0 Å². The van der Waals surface area contributed by atoms with Crippen LogP contribution in [0.2, 0.25) is 0 Å². The molecule has 0 saturated carbocycles. The number of imidazole rings is 1. The molecule has 21 heavy (non-hydrogen) atoms. The second kappa shape index (κ2) is 6.03. The van der Waals surface area contributed by atoms with Gasteiger partial charge in [-0.15, -0.1) is 0 Å². The Morgan fingerprint density at radius 3 is 2.86 bits per heavy atom. The van der Waals surface area contributed by atoms with Gasteiger partial charge in [-0.05, 0) is 36.2 Å². The fourth-order valence-corrected chi connectivity index (χ4v) is 2.52. The van der Waals surface area contributed by atoms with E-state index < -0.39 is 0 Å². The normalized spacial score (nSPS) is 12.7. The number of hydrogen-bond acceptors (Lipinski definition) is 3. The number of benzene rings is 2. The third-order valence-corrected chi connectivity index (χ3v) is 3.55. The van der Waals surface area contributed by atoms with Crippen molar-refractivity contribution in [2.45, 2.75) is 19.0 Å². The zero-order valence-corrected chi connectivity index (χ0v) is 11.5. The monoisotopic (exact) mass is 284 g/mol. The summed E-state index contributed by atoms with van der Waals surface area (Å²) in [7, 11) is 0. The summed E-state index contributed by atoms with van der Waals surface area (Å²) in [5.74, 6) is 5.42. The van der Waals surface area contributed by atoms with Gasteiger partial charge in [0.2, 0.25) is 0 Å². The first-order valence-corrected chi connectivity index (χ1v) is 6.86. The summed E-state index contributed by atoms with van der Waals surface area (Å²) in [6.07, 6.45) is 2.46. The molecule has 4 nitrogen and oxygen atoms in total. The Hall–Kier alpha value is -2.24. The number of rotatable bonds is 5. The molecule has 0 aliphatic rings. The molecule has 1 heterocycles. The quantitative estimate of drug-likeness (QED) is 0.558. The maximum Gasteiger partial charge on any atom is 0.123 e. The van der Waals surface area contributed by atoms with Crippen molar-refractivity contribution in [2.75, 3.05) is 0 Å². The van der Waals surface area contributed by atoms with Gasteiger partial charge in [0.1, 0.15) is 5.82 Å². The van der Waals surface area contributed by atoms with Crippen LogP contribution in [0.25, 0.3) is 11.0 Å². The van der Waals surface area contributed by atoms with Gasteiger partial charge in [0.25, 0.3) is 0 Å². The van der Waals surface area contributed by atoms with Crippen LogP contribution in [-0.2, 0) is 13.0 Å². The first kappa shape index (κ1) is 13.7. The zero-order valence-electron chi connectivity index (χ0n) is 11.5. The number of nitrogens with zero attached hydrogens (tertiary/aromatic N) is 2. The SMILES string of the molecule is NNC(Cc1cccc(F)c1)Cn1cnc2ccccc21. The van der Waals surface area contributed by atoms with E-state index in [1.807, 2.05) is 30.3 Å². The molecule has 3 N–H and O–H groups in total. The van der Waals surface area contributed by atoms with E-state index in [1.54, 1.807) is 12.4 Å². The number of hydrazine groups is 1. The lowest BCUT2D eigenvalue weighted by Gasteiger charge is -2.17. The second-order valence-electron chi connectivity index (χ2n) is 5.08. The molecular weight excluding hydrogens is 267 g/mol. The van der Waals surface area contributed by atoms with Crippen LogP contribution in [0.15, 0.2) is 54.9 Å². The maximum absolute atomic E-state index is 13.2. The first-order valence-electron chi connectivity index (χ1n) is 6.86. The highest BCUT2D eigenvalue weighted by molar-refractivity contribution is 5.74. The Bertz CT molecular complexity index is 738. The van der Waals surface area contributed by atoms with Crippen molar-refractivity contribution in [1.82, 2.24) is 15.0 Å². The van der Waals surface area contributed by atoms with E-state index in [2.05, 4.69) is 15.0 Å². The molecule has 5 heteroatoms. The molecule has 1 unspecified atom stereocenters. The molecule has 0 spiro atoms. The van der Waals surface area contributed by atoms with Crippen LogP contribution >= 0.6 is 0 Å². The fourth-order valence-electron chi connectivity index (χ4n) is 2.52. The Morgan fingerprint density at radius 2 is 2.05 bits per heavy atom. The molecule has 108 valence electrons. The molecule has 1 atom stereocenters. The summed E-state index contributed by atoms with van der Waals surface area (Å²) in [6.45, 7) is 0.674. The Balaban J connectivity index is 1.78. The molecule has 3 aromatic rings. The van der Waals surface area contributed by atoms with Gasteiger partial charge in [0, 0.05) is 12.6 Å². The van der Waals surface area contributed by atoms with Crippen molar-refractivity contribution in [3.8, 4) is 0 Å². The predicted octanol–water partition coefficient (Wildman–Crippen LogP) is 2.25. The van der Waals surface area contributed by atoms with Gasteiger partial charge in [-0.2, -0.15) is 0 Å². The van der Waals surface area contributed by atoms with Crippen molar-refractivity contribution in [3.05, 3.63) is 66.2 Å². The van der Waals surface area contributed by atoms with Gasteiger partial charge in [-0.1, -0.05) is 24.3 Å². The molecule has 2 aromatic carbocycles. The van der Waals surface area contributed by atoms with Crippen LogP contribution in [0.1, 0.15) is 5.56 Å². The van der Waals surface area contributed by atoms with E-state index in [9.17, 15) is 4.39 Å². The largest absolute Gasteiger partial charge is 0.329 e. The number of fused-ring (bicyclic) bond motifs is 1. The Labute approximate surface area is 122 Å². The Kier molecular flexibility index (Phi) is 3.94. The number of aromatic nitrogens is 2. The minimum absolute atomic E-state index is 0.00408. The topological polar surface area (TPSA) is 55.9 Å². The van der Waals surface area contributed by atoms with Crippen LogP contribution in [-0.4, -0.2) is 15.6 Å². The molecular formula is C16H17FN4. The van der Waals surface area contributed by atoms with Gasteiger partial charge < -0.3 is 4.57 Å². The Morgan fingerprint density at radius 1 is 1.19 bits per heavy atom. The number of halogens is 1. The van der Waals surface area contributed by atoms with Crippen molar-refractivity contribution < 1.29 is 4.39 Å². The van der Waals surface area contributed by atoms with Crippen LogP contribution in [0.3, 0.4) is 0 Å². The van der Waals surface area contributed by atoms with E-state index in [1.165, 1.54) is 12.1 Å². The molecule has 0 bridgehead atoms. The highest BCUT2D eigenvalue weighted by Gasteiger charge is 2.11. The van der Waals surface area contributed by atoms with Crippen molar-refractivity contribution in [2.24, 2.45) is 5.84 Å². The van der Waals surface area contributed by atoms with Crippen LogP contribution in [0, 0.1) is 5.82 Å². The maximum atomic E-state index is 13.2. The lowest BCUT2D eigenvalue weighted by molar-refractivity contribution is 0.460. The summed E-state index contributed by atoms with van der Waals surface area (Å²) in [5, 5.41) is 0. The van der Waals surface area contributed by atoms with Gasteiger partial charge in [-0.25, -0.2) is 9.37 Å². The summed E-state index contributed by atoms with van der Waals surface area (Å²) in [5.41, 5.74) is 5.74. The van der Waals surface area contributed by atoms with E-state index >= 15 is 0 Å². The smallest absolute Gasteiger partial charge is 0.123 e. The van der Waals surface area contributed by atoms with Gasteiger partial charge in [0.05, 0.1) is 17.4 Å².